The molecule has 2 heterocycles. The number of rotatable bonds is 7. The van der Waals surface area contributed by atoms with Gasteiger partial charge in [-0.2, -0.15) is 0 Å². The summed E-state index contributed by atoms with van der Waals surface area (Å²) in [5, 5.41) is 5.76. The molecule has 7 heteroatoms. The van der Waals surface area contributed by atoms with E-state index in [1.165, 1.54) is 12.5 Å². The number of hydrogen-bond acceptors (Lipinski definition) is 4. The average molecular weight is 415 g/mol. The lowest BCUT2D eigenvalue weighted by Gasteiger charge is -2.37. The molecule has 30 heavy (non-hydrogen) atoms. The topological polar surface area (TPSA) is 81.8 Å². The number of hydrogen-bond donors (Lipinski definition) is 2. The van der Waals surface area contributed by atoms with Crippen molar-refractivity contribution in [2.24, 2.45) is 5.92 Å². The monoisotopic (exact) mass is 414 g/mol. The fraction of sp³-hybridized carbons (Fsp3) is 0.609. The van der Waals surface area contributed by atoms with E-state index in [1.807, 2.05) is 4.90 Å². The molecule has 1 aromatic carbocycles. The van der Waals surface area contributed by atoms with Crippen LogP contribution in [0.2, 0.25) is 0 Å². The van der Waals surface area contributed by atoms with Gasteiger partial charge in [0.2, 0.25) is 17.7 Å². The molecule has 0 bridgehead atoms. The molecule has 2 N–H and O–H groups in total. The van der Waals surface area contributed by atoms with E-state index < -0.39 is 6.04 Å². The SMILES string of the molecule is CC(=O)NCCC1CCN(C(=O)C[C@H]2C(=O)NCCN2Cc2ccc(C)cc2)CC1. The van der Waals surface area contributed by atoms with Crippen molar-refractivity contribution in [1.29, 1.82) is 0 Å². The molecule has 2 aliphatic rings. The number of carbonyl (C=O) groups is 3. The number of carbonyl (C=O) groups excluding carboxylic acids is 3. The Morgan fingerprint density at radius 1 is 1.13 bits per heavy atom. The quantitative estimate of drug-likeness (QED) is 0.708. The third-order valence-electron chi connectivity index (χ3n) is 6.21. The first kappa shape index (κ1) is 22.3. The minimum atomic E-state index is -0.412. The number of amides is 3. The Hall–Kier alpha value is -2.41. The first-order valence-corrected chi connectivity index (χ1v) is 11.0. The second-order valence-corrected chi connectivity index (χ2v) is 8.56. The van der Waals surface area contributed by atoms with Gasteiger partial charge in [0.25, 0.3) is 0 Å². The lowest BCUT2D eigenvalue weighted by molar-refractivity contribution is -0.140. The van der Waals surface area contributed by atoms with Gasteiger partial charge >= 0.3 is 0 Å². The van der Waals surface area contributed by atoms with Gasteiger partial charge in [-0.25, -0.2) is 0 Å². The zero-order valence-electron chi connectivity index (χ0n) is 18.2. The predicted octanol–water partition coefficient (Wildman–Crippen LogP) is 1.45. The van der Waals surface area contributed by atoms with Gasteiger partial charge in [-0.05, 0) is 37.7 Å². The van der Waals surface area contributed by atoms with E-state index in [4.69, 9.17) is 0 Å². The standard InChI is InChI=1S/C23H34N4O3/c1-17-3-5-20(6-4-17)16-27-14-11-25-23(30)21(27)15-22(29)26-12-8-19(9-13-26)7-10-24-18(2)28/h3-6,19,21H,7-16H2,1-2H3,(H,24,28)(H,25,30)/t21-/m0/s1. The highest BCUT2D eigenvalue weighted by atomic mass is 16.2. The molecule has 0 spiro atoms. The Morgan fingerprint density at radius 2 is 1.83 bits per heavy atom. The van der Waals surface area contributed by atoms with Crippen molar-refractivity contribution in [2.45, 2.75) is 52.1 Å². The molecular weight excluding hydrogens is 380 g/mol. The number of likely N-dealkylation sites (tertiary alicyclic amines) is 1. The summed E-state index contributed by atoms with van der Waals surface area (Å²) in [5.41, 5.74) is 2.37. The second kappa shape index (κ2) is 10.6. The van der Waals surface area contributed by atoms with Crippen molar-refractivity contribution in [2.75, 3.05) is 32.7 Å². The maximum Gasteiger partial charge on any atom is 0.237 e. The van der Waals surface area contributed by atoms with Crippen molar-refractivity contribution in [3.05, 3.63) is 35.4 Å². The molecule has 2 saturated heterocycles. The number of nitrogens with one attached hydrogen (secondary N) is 2. The predicted molar refractivity (Wildman–Crippen MR) is 116 cm³/mol. The summed E-state index contributed by atoms with van der Waals surface area (Å²) >= 11 is 0. The van der Waals surface area contributed by atoms with Crippen LogP contribution in [0.1, 0.15) is 43.7 Å². The summed E-state index contributed by atoms with van der Waals surface area (Å²) in [6.07, 6.45) is 3.09. The van der Waals surface area contributed by atoms with Crippen LogP contribution in [0.5, 0.6) is 0 Å². The fourth-order valence-corrected chi connectivity index (χ4v) is 4.32. The summed E-state index contributed by atoms with van der Waals surface area (Å²) in [4.78, 5) is 40.5. The molecule has 164 valence electrons. The Morgan fingerprint density at radius 3 is 2.50 bits per heavy atom. The Labute approximate surface area is 179 Å². The molecule has 0 aromatic heterocycles. The lowest BCUT2D eigenvalue weighted by atomic mass is 9.93. The maximum absolute atomic E-state index is 12.9. The van der Waals surface area contributed by atoms with Gasteiger partial charge in [0.05, 0.1) is 12.5 Å². The first-order valence-electron chi connectivity index (χ1n) is 11.0. The van der Waals surface area contributed by atoms with Crippen molar-refractivity contribution in [3.8, 4) is 0 Å². The molecular formula is C23H34N4O3. The summed E-state index contributed by atoms with van der Waals surface area (Å²) < 4.78 is 0. The Balaban J connectivity index is 1.51. The highest BCUT2D eigenvalue weighted by Crippen LogP contribution is 2.22. The molecule has 2 fully saturated rings. The van der Waals surface area contributed by atoms with E-state index >= 15 is 0 Å². The minimum Gasteiger partial charge on any atom is -0.356 e. The van der Waals surface area contributed by atoms with Crippen LogP contribution in [0.4, 0.5) is 0 Å². The highest BCUT2D eigenvalue weighted by molar-refractivity contribution is 5.88. The second-order valence-electron chi connectivity index (χ2n) is 8.56. The van der Waals surface area contributed by atoms with E-state index in [0.717, 1.165) is 44.5 Å². The third-order valence-corrected chi connectivity index (χ3v) is 6.21. The molecule has 1 aromatic rings. The van der Waals surface area contributed by atoms with E-state index in [9.17, 15) is 14.4 Å². The molecule has 3 amide bonds. The van der Waals surface area contributed by atoms with Crippen molar-refractivity contribution >= 4 is 17.7 Å². The van der Waals surface area contributed by atoms with Gasteiger partial charge in [-0.15, -0.1) is 0 Å². The average Bonchev–Trinajstić information content (AvgIpc) is 2.72. The molecule has 0 unspecified atom stereocenters. The van der Waals surface area contributed by atoms with Gasteiger partial charge in [-0.1, -0.05) is 29.8 Å². The van der Waals surface area contributed by atoms with E-state index in [2.05, 4.69) is 46.7 Å². The summed E-state index contributed by atoms with van der Waals surface area (Å²) in [6, 6.07) is 7.93. The summed E-state index contributed by atoms with van der Waals surface area (Å²) in [5.74, 6) is 0.554. The van der Waals surface area contributed by atoms with Crippen LogP contribution in [0, 0.1) is 12.8 Å². The van der Waals surface area contributed by atoms with Gasteiger partial charge in [0.15, 0.2) is 0 Å². The van der Waals surface area contributed by atoms with Crippen LogP contribution < -0.4 is 10.6 Å². The molecule has 3 rings (SSSR count). The number of nitrogens with zero attached hydrogens (tertiary/aromatic N) is 2. The van der Waals surface area contributed by atoms with Gasteiger partial charge in [0.1, 0.15) is 0 Å². The Bertz CT molecular complexity index is 741. The highest BCUT2D eigenvalue weighted by Gasteiger charge is 2.33. The molecule has 0 saturated carbocycles. The molecule has 1 atom stereocenters. The molecule has 7 nitrogen and oxygen atoms in total. The first-order chi connectivity index (χ1) is 14.4. The van der Waals surface area contributed by atoms with Crippen LogP contribution in [0.15, 0.2) is 24.3 Å². The van der Waals surface area contributed by atoms with Gasteiger partial charge in [-0.3, -0.25) is 19.3 Å². The zero-order valence-corrected chi connectivity index (χ0v) is 18.2. The molecule has 0 aliphatic carbocycles. The van der Waals surface area contributed by atoms with Crippen LogP contribution >= 0.6 is 0 Å². The van der Waals surface area contributed by atoms with Gasteiger partial charge in [0, 0.05) is 46.2 Å². The van der Waals surface area contributed by atoms with E-state index in [0.29, 0.717) is 25.6 Å². The third kappa shape index (κ3) is 6.29. The van der Waals surface area contributed by atoms with Crippen LogP contribution in [0.25, 0.3) is 0 Å². The summed E-state index contributed by atoms with van der Waals surface area (Å²) in [6.45, 7) is 7.80. The molecule has 2 aliphatic heterocycles. The maximum atomic E-state index is 12.9. The number of piperidine rings is 1. The Kier molecular flexibility index (Phi) is 7.85. The number of aryl methyl sites for hydroxylation is 1. The fourth-order valence-electron chi connectivity index (χ4n) is 4.32. The normalized spacial score (nSPS) is 20.7. The lowest BCUT2D eigenvalue weighted by Crippen LogP contribution is -2.56. The van der Waals surface area contributed by atoms with Crippen LogP contribution in [-0.2, 0) is 20.9 Å². The van der Waals surface area contributed by atoms with E-state index in [-0.39, 0.29) is 24.1 Å². The largest absolute Gasteiger partial charge is 0.356 e. The number of benzene rings is 1. The van der Waals surface area contributed by atoms with Crippen molar-refractivity contribution < 1.29 is 14.4 Å². The van der Waals surface area contributed by atoms with Crippen LogP contribution in [-0.4, -0.2) is 66.3 Å². The smallest absolute Gasteiger partial charge is 0.237 e. The zero-order chi connectivity index (χ0) is 21.5. The van der Waals surface area contributed by atoms with E-state index in [1.54, 1.807) is 0 Å². The minimum absolute atomic E-state index is 0.00330. The van der Waals surface area contributed by atoms with Gasteiger partial charge < -0.3 is 15.5 Å². The molecule has 0 radical (unpaired) electrons. The summed E-state index contributed by atoms with van der Waals surface area (Å²) in [7, 11) is 0. The van der Waals surface area contributed by atoms with Crippen LogP contribution in [0.3, 0.4) is 0 Å². The van der Waals surface area contributed by atoms with Crippen molar-refractivity contribution in [3.63, 3.8) is 0 Å². The van der Waals surface area contributed by atoms with Crippen molar-refractivity contribution in [1.82, 2.24) is 20.4 Å². The number of piperazine rings is 1.